The fourth-order valence-corrected chi connectivity index (χ4v) is 3.77. The van der Waals surface area contributed by atoms with Gasteiger partial charge in [0.25, 0.3) is 0 Å². The molecule has 2 heteroatoms. The summed E-state index contributed by atoms with van der Waals surface area (Å²) in [4.78, 5) is 2.60. The molecule has 15 heavy (non-hydrogen) atoms. The first kappa shape index (κ1) is 11.4. The minimum absolute atomic E-state index is 0.433. The highest BCUT2D eigenvalue weighted by Gasteiger charge is 2.51. The molecule has 2 saturated heterocycles. The van der Waals surface area contributed by atoms with Crippen LogP contribution >= 0.6 is 0 Å². The maximum atomic E-state index is 5.54. The Morgan fingerprint density at radius 1 is 1.20 bits per heavy atom. The summed E-state index contributed by atoms with van der Waals surface area (Å²) in [6, 6.07) is 0. The van der Waals surface area contributed by atoms with Crippen LogP contribution in [0.25, 0.3) is 0 Å². The molecule has 2 nitrogen and oxygen atoms in total. The summed E-state index contributed by atoms with van der Waals surface area (Å²) in [5.41, 5.74) is 0.874. The van der Waals surface area contributed by atoms with Crippen molar-refractivity contribution in [1.29, 1.82) is 0 Å². The topological polar surface area (TPSA) is 12.5 Å². The van der Waals surface area contributed by atoms with Gasteiger partial charge >= 0.3 is 0 Å². The zero-order valence-electron chi connectivity index (χ0n) is 10.7. The van der Waals surface area contributed by atoms with Crippen LogP contribution in [0.2, 0.25) is 0 Å². The molecule has 0 aromatic rings. The van der Waals surface area contributed by atoms with Crippen LogP contribution in [0.3, 0.4) is 0 Å². The van der Waals surface area contributed by atoms with Crippen molar-refractivity contribution in [3.63, 3.8) is 0 Å². The van der Waals surface area contributed by atoms with Crippen LogP contribution in [0.1, 0.15) is 40.0 Å². The Morgan fingerprint density at radius 3 is 2.33 bits per heavy atom. The Kier molecular flexibility index (Phi) is 2.85. The largest absolute Gasteiger partial charge is 0.381 e. The van der Waals surface area contributed by atoms with Crippen molar-refractivity contribution in [3.8, 4) is 0 Å². The lowest BCUT2D eigenvalue weighted by atomic mass is 9.66. The lowest BCUT2D eigenvalue weighted by Gasteiger charge is -2.48. The van der Waals surface area contributed by atoms with E-state index in [-0.39, 0.29) is 0 Å². The minimum atomic E-state index is 0.433. The van der Waals surface area contributed by atoms with Gasteiger partial charge in [-0.1, -0.05) is 20.8 Å². The average Bonchev–Trinajstić information content (AvgIpc) is 2.45. The van der Waals surface area contributed by atoms with Gasteiger partial charge in [-0.05, 0) is 44.2 Å². The molecule has 2 aliphatic rings. The second kappa shape index (κ2) is 3.74. The van der Waals surface area contributed by atoms with E-state index in [9.17, 15) is 0 Å². The van der Waals surface area contributed by atoms with Gasteiger partial charge in [-0.2, -0.15) is 0 Å². The normalized spacial score (nSPS) is 32.4. The van der Waals surface area contributed by atoms with Crippen LogP contribution < -0.4 is 0 Å². The van der Waals surface area contributed by atoms with E-state index >= 15 is 0 Å². The van der Waals surface area contributed by atoms with Crippen LogP contribution in [0.15, 0.2) is 0 Å². The molecule has 2 fully saturated rings. The standard InChI is InChI=1S/C13H25NO/c1-12(2,3)11-5-8-14(4)13(11)6-9-15-10-7-13/h11H,5-10H2,1-4H3. The number of hydrogen-bond acceptors (Lipinski definition) is 2. The number of likely N-dealkylation sites (tertiary alicyclic amines) is 1. The molecule has 1 spiro atoms. The van der Waals surface area contributed by atoms with Crippen LogP contribution in [0.4, 0.5) is 0 Å². The monoisotopic (exact) mass is 211 g/mol. The zero-order valence-corrected chi connectivity index (χ0v) is 10.7. The molecule has 0 bridgehead atoms. The molecule has 0 radical (unpaired) electrons. The van der Waals surface area contributed by atoms with Crippen molar-refractivity contribution in [1.82, 2.24) is 4.90 Å². The second-order valence-corrected chi connectivity index (χ2v) is 6.34. The molecule has 0 N–H and O–H groups in total. The van der Waals surface area contributed by atoms with Crippen molar-refractivity contribution in [2.24, 2.45) is 11.3 Å². The Hall–Kier alpha value is -0.0800. The molecule has 1 atom stereocenters. The second-order valence-electron chi connectivity index (χ2n) is 6.34. The lowest BCUT2D eigenvalue weighted by molar-refractivity contribution is -0.0411. The zero-order chi connectivity index (χ0) is 11.1. The molecule has 0 amide bonds. The van der Waals surface area contributed by atoms with Crippen molar-refractivity contribution >= 4 is 0 Å². The third-order valence-electron chi connectivity index (χ3n) is 4.57. The molecular weight excluding hydrogens is 186 g/mol. The van der Waals surface area contributed by atoms with Crippen LogP contribution in [-0.4, -0.2) is 37.2 Å². The maximum absolute atomic E-state index is 5.54. The Balaban J connectivity index is 2.24. The van der Waals surface area contributed by atoms with Crippen molar-refractivity contribution in [3.05, 3.63) is 0 Å². The van der Waals surface area contributed by atoms with E-state index in [1.165, 1.54) is 25.8 Å². The van der Waals surface area contributed by atoms with Crippen molar-refractivity contribution in [2.75, 3.05) is 26.8 Å². The maximum Gasteiger partial charge on any atom is 0.0483 e. The number of ether oxygens (including phenoxy) is 1. The fourth-order valence-electron chi connectivity index (χ4n) is 3.77. The summed E-state index contributed by atoms with van der Waals surface area (Å²) >= 11 is 0. The number of rotatable bonds is 0. The molecule has 0 aromatic carbocycles. The lowest BCUT2D eigenvalue weighted by Crippen LogP contribution is -2.53. The SMILES string of the molecule is CN1CCC(C(C)(C)C)C12CCOCC2. The quantitative estimate of drug-likeness (QED) is 0.610. The third-order valence-corrected chi connectivity index (χ3v) is 4.57. The first-order valence-electron chi connectivity index (χ1n) is 6.26. The first-order valence-corrected chi connectivity index (χ1v) is 6.26. The van der Waals surface area contributed by atoms with E-state index in [0.717, 1.165) is 19.1 Å². The minimum Gasteiger partial charge on any atom is -0.381 e. The summed E-state index contributed by atoms with van der Waals surface area (Å²) in [5, 5.41) is 0. The Morgan fingerprint density at radius 2 is 1.80 bits per heavy atom. The molecule has 2 heterocycles. The molecule has 0 aromatic heterocycles. The predicted molar refractivity (Wildman–Crippen MR) is 63.0 cm³/mol. The van der Waals surface area contributed by atoms with Crippen LogP contribution in [-0.2, 0) is 4.74 Å². The Labute approximate surface area is 94.0 Å². The van der Waals surface area contributed by atoms with Gasteiger partial charge in [-0.3, -0.25) is 0 Å². The molecule has 2 rings (SSSR count). The van der Waals surface area contributed by atoms with Gasteiger partial charge in [-0.15, -0.1) is 0 Å². The molecule has 0 saturated carbocycles. The van der Waals surface area contributed by atoms with Gasteiger partial charge in [0, 0.05) is 18.8 Å². The summed E-state index contributed by atoms with van der Waals surface area (Å²) in [7, 11) is 2.30. The highest BCUT2D eigenvalue weighted by atomic mass is 16.5. The Bertz CT molecular complexity index is 225. The highest BCUT2D eigenvalue weighted by molar-refractivity contribution is 5.05. The van der Waals surface area contributed by atoms with E-state index in [2.05, 4.69) is 32.7 Å². The molecule has 1 unspecified atom stereocenters. The molecular formula is C13H25NO. The van der Waals surface area contributed by atoms with Gasteiger partial charge in [-0.25, -0.2) is 0 Å². The van der Waals surface area contributed by atoms with E-state index in [0.29, 0.717) is 11.0 Å². The summed E-state index contributed by atoms with van der Waals surface area (Å²) in [6.07, 6.45) is 3.82. The van der Waals surface area contributed by atoms with E-state index < -0.39 is 0 Å². The summed E-state index contributed by atoms with van der Waals surface area (Å²) in [6.45, 7) is 10.4. The first-order chi connectivity index (χ1) is 6.97. The number of nitrogens with zero attached hydrogens (tertiary/aromatic N) is 1. The van der Waals surface area contributed by atoms with Crippen LogP contribution in [0.5, 0.6) is 0 Å². The van der Waals surface area contributed by atoms with Crippen LogP contribution in [0, 0.1) is 11.3 Å². The molecule has 0 aliphatic carbocycles. The van der Waals surface area contributed by atoms with Gasteiger partial charge in [0.1, 0.15) is 0 Å². The van der Waals surface area contributed by atoms with Crippen molar-refractivity contribution < 1.29 is 4.74 Å². The number of hydrogen-bond donors (Lipinski definition) is 0. The average molecular weight is 211 g/mol. The van der Waals surface area contributed by atoms with Crippen molar-refractivity contribution in [2.45, 2.75) is 45.6 Å². The molecule has 2 aliphatic heterocycles. The summed E-state index contributed by atoms with van der Waals surface area (Å²) < 4.78 is 5.54. The van der Waals surface area contributed by atoms with Gasteiger partial charge < -0.3 is 9.64 Å². The molecule has 88 valence electrons. The predicted octanol–water partition coefficient (Wildman–Crippen LogP) is 2.53. The highest BCUT2D eigenvalue weighted by Crippen LogP contribution is 2.49. The smallest absolute Gasteiger partial charge is 0.0483 e. The van der Waals surface area contributed by atoms with E-state index in [1.807, 2.05) is 0 Å². The fraction of sp³-hybridized carbons (Fsp3) is 1.00. The van der Waals surface area contributed by atoms with E-state index in [4.69, 9.17) is 4.74 Å². The third kappa shape index (κ3) is 1.83. The van der Waals surface area contributed by atoms with Gasteiger partial charge in [0.2, 0.25) is 0 Å². The van der Waals surface area contributed by atoms with E-state index in [1.54, 1.807) is 0 Å². The van der Waals surface area contributed by atoms with Gasteiger partial charge in [0.15, 0.2) is 0 Å². The summed E-state index contributed by atoms with van der Waals surface area (Å²) in [5.74, 6) is 0.832. The van der Waals surface area contributed by atoms with Gasteiger partial charge in [0.05, 0.1) is 0 Å².